The van der Waals surface area contributed by atoms with Gasteiger partial charge in [0.25, 0.3) is 0 Å². The van der Waals surface area contributed by atoms with Crippen LogP contribution in [0.15, 0.2) is 17.1 Å². The molecule has 0 amide bonds. The SMILES string of the molecule is Nc1ccn([C@@H]2O[C@H](COP(=O)(O)OP(=O)(O)O)[C@H]3OP(=O)(O)O[C@H]32)c(=O)n1. The number of rotatable bonds is 6. The molecule has 2 saturated heterocycles. The van der Waals surface area contributed by atoms with Crippen molar-refractivity contribution in [3.63, 3.8) is 0 Å². The molecule has 0 radical (unpaired) electrons. The summed E-state index contributed by atoms with van der Waals surface area (Å²) in [5.74, 6) is -0.0945. The van der Waals surface area contributed by atoms with Crippen molar-refractivity contribution in [2.45, 2.75) is 24.5 Å². The van der Waals surface area contributed by atoms with Crippen molar-refractivity contribution in [1.82, 2.24) is 9.55 Å². The standard InChI is InChI=1S/C9H14N3O13P3/c10-5-1-2-12(9(13)11-5)8-7-6(23-28(19,20)24-7)4(22-8)3-21-27(17,18)25-26(14,15)16/h1-2,4,6-8H,3H2,(H,17,18)(H,19,20)(H2,10,11,13)(H2,14,15,16)/t4-,6-,7-,8-/m1/s1. The number of nitrogens with zero attached hydrogens (tertiary/aromatic N) is 2. The number of ether oxygens (including phenoxy) is 1. The van der Waals surface area contributed by atoms with E-state index in [0.29, 0.717) is 0 Å². The van der Waals surface area contributed by atoms with Gasteiger partial charge in [0.1, 0.15) is 24.1 Å². The topological polar surface area (TPSA) is 239 Å². The molecule has 1 aromatic heterocycles. The van der Waals surface area contributed by atoms with E-state index < -0.39 is 60.3 Å². The predicted molar refractivity (Wildman–Crippen MR) is 85.3 cm³/mol. The minimum Gasteiger partial charge on any atom is -0.383 e. The van der Waals surface area contributed by atoms with Crippen LogP contribution >= 0.6 is 23.5 Å². The molecule has 3 heterocycles. The first-order valence-electron chi connectivity index (χ1n) is 7.20. The Morgan fingerprint density at radius 2 is 1.93 bits per heavy atom. The number of hydrogen-bond donors (Lipinski definition) is 5. The smallest absolute Gasteiger partial charge is 0.383 e. The fourth-order valence-electron chi connectivity index (χ4n) is 2.58. The first kappa shape index (κ1) is 21.7. The number of nitrogens with two attached hydrogens (primary N) is 1. The normalized spacial score (nSPS) is 34.9. The van der Waals surface area contributed by atoms with Crippen LogP contribution in [0.5, 0.6) is 0 Å². The van der Waals surface area contributed by atoms with Crippen molar-refractivity contribution in [3.8, 4) is 0 Å². The van der Waals surface area contributed by atoms with E-state index in [0.717, 1.165) is 4.57 Å². The Morgan fingerprint density at radius 3 is 2.54 bits per heavy atom. The summed E-state index contributed by atoms with van der Waals surface area (Å²) in [6.45, 7) is -0.869. The quantitative estimate of drug-likeness (QED) is 0.311. The third-order valence-electron chi connectivity index (χ3n) is 3.53. The summed E-state index contributed by atoms with van der Waals surface area (Å²) in [5, 5.41) is 0. The average Bonchev–Trinajstić information content (AvgIpc) is 2.97. The van der Waals surface area contributed by atoms with Gasteiger partial charge in [0, 0.05) is 6.20 Å². The molecule has 0 aliphatic carbocycles. The van der Waals surface area contributed by atoms with Gasteiger partial charge in [-0.25, -0.2) is 18.5 Å². The summed E-state index contributed by atoms with van der Waals surface area (Å²) in [6, 6.07) is 1.24. The van der Waals surface area contributed by atoms with Crippen LogP contribution < -0.4 is 11.4 Å². The molecule has 0 bridgehead atoms. The van der Waals surface area contributed by atoms with Crippen molar-refractivity contribution >= 4 is 29.3 Å². The lowest BCUT2D eigenvalue weighted by Crippen LogP contribution is -2.34. The second-order valence-electron chi connectivity index (χ2n) is 5.55. The minimum absolute atomic E-state index is 0.0945. The Labute approximate surface area is 155 Å². The number of phosphoric ester groups is 2. The summed E-state index contributed by atoms with van der Waals surface area (Å²) in [7, 11) is -15.1. The number of aromatic nitrogens is 2. The van der Waals surface area contributed by atoms with E-state index in [4.69, 9.17) is 29.3 Å². The molecule has 16 nitrogen and oxygen atoms in total. The summed E-state index contributed by atoms with van der Waals surface area (Å²) in [5.41, 5.74) is 4.50. The number of nitrogen functional groups attached to an aromatic ring is 1. The highest BCUT2D eigenvalue weighted by Crippen LogP contribution is 2.60. The van der Waals surface area contributed by atoms with E-state index in [1.54, 1.807) is 0 Å². The third kappa shape index (κ3) is 4.94. The highest BCUT2D eigenvalue weighted by Gasteiger charge is 2.58. The average molecular weight is 465 g/mol. The van der Waals surface area contributed by atoms with Gasteiger partial charge in [-0.3, -0.25) is 18.1 Å². The van der Waals surface area contributed by atoms with E-state index in [1.807, 2.05) is 0 Å². The van der Waals surface area contributed by atoms with Gasteiger partial charge in [0.2, 0.25) is 0 Å². The van der Waals surface area contributed by atoms with Crippen molar-refractivity contribution in [1.29, 1.82) is 0 Å². The van der Waals surface area contributed by atoms with Crippen LogP contribution in [0.3, 0.4) is 0 Å². The van der Waals surface area contributed by atoms with Gasteiger partial charge in [0.15, 0.2) is 6.23 Å². The third-order valence-corrected chi connectivity index (χ3v) is 6.70. The molecular formula is C9H14N3O13P3. The highest BCUT2D eigenvalue weighted by molar-refractivity contribution is 7.60. The van der Waals surface area contributed by atoms with Gasteiger partial charge < -0.3 is 30.0 Å². The van der Waals surface area contributed by atoms with Gasteiger partial charge in [-0.2, -0.15) is 9.29 Å². The molecule has 6 atom stereocenters. The zero-order chi connectivity index (χ0) is 20.9. The van der Waals surface area contributed by atoms with Crippen molar-refractivity contribution in [2.24, 2.45) is 0 Å². The van der Waals surface area contributed by atoms with Gasteiger partial charge in [-0.05, 0) is 6.07 Å². The summed E-state index contributed by atoms with van der Waals surface area (Å²) >= 11 is 0. The summed E-state index contributed by atoms with van der Waals surface area (Å²) in [6.07, 6.45) is -4.17. The summed E-state index contributed by atoms with van der Waals surface area (Å²) < 4.78 is 58.1. The lowest BCUT2D eigenvalue weighted by atomic mass is 10.1. The van der Waals surface area contributed by atoms with E-state index in [1.165, 1.54) is 12.3 Å². The lowest BCUT2D eigenvalue weighted by Gasteiger charge is -2.20. The van der Waals surface area contributed by atoms with Gasteiger partial charge >= 0.3 is 29.2 Å². The van der Waals surface area contributed by atoms with Crippen LogP contribution in [0.25, 0.3) is 0 Å². The molecule has 2 aliphatic heterocycles. The van der Waals surface area contributed by atoms with Crippen LogP contribution in [0, 0.1) is 0 Å². The van der Waals surface area contributed by atoms with E-state index in [2.05, 4.69) is 13.8 Å². The molecule has 3 rings (SSSR count). The molecule has 0 aromatic carbocycles. The van der Waals surface area contributed by atoms with Crippen molar-refractivity contribution in [2.75, 3.05) is 12.3 Å². The molecule has 1 aromatic rings. The van der Waals surface area contributed by atoms with E-state index >= 15 is 0 Å². The van der Waals surface area contributed by atoms with E-state index in [-0.39, 0.29) is 5.82 Å². The molecule has 2 fully saturated rings. The minimum atomic E-state index is -5.35. The Balaban J connectivity index is 1.81. The Hall–Kier alpha value is -0.990. The molecule has 19 heteroatoms. The molecular weight excluding hydrogens is 451 g/mol. The monoisotopic (exact) mass is 465 g/mol. The van der Waals surface area contributed by atoms with Gasteiger partial charge in [0.05, 0.1) is 6.61 Å². The molecule has 28 heavy (non-hydrogen) atoms. The predicted octanol–water partition coefficient (Wildman–Crippen LogP) is -1.17. The highest BCUT2D eigenvalue weighted by atomic mass is 31.3. The van der Waals surface area contributed by atoms with Crippen molar-refractivity contribution in [3.05, 3.63) is 22.7 Å². The largest absolute Gasteiger partial charge is 0.481 e. The van der Waals surface area contributed by atoms with E-state index in [9.17, 15) is 28.3 Å². The van der Waals surface area contributed by atoms with Gasteiger partial charge in [-0.15, -0.1) is 0 Å². The molecule has 158 valence electrons. The second kappa shape index (κ2) is 7.36. The zero-order valence-electron chi connectivity index (χ0n) is 13.4. The fourth-order valence-corrected chi connectivity index (χ4v) is 5.33. The Kier molecular flexibility index (Phi) is 5.71. The molecule has 6 N–H and O–H groups in total. The van der Waals surface area contributed by atoms with Crippen LogP contribution in [0.4, 0.5) is 5.82 Å². The lowest BCUT2D eigenvalue weighted by molar-refractivity contribution is -0.0614. The van der Waals surface area contributed by atoms with Crippen LogP contribution in [-0.2, 0) is 36.3 Å². The number of phosphoric acid groups is 3. The van der Waals surface area contributed by atoms with Crippen LogP contribution in [0.2, 0.25) is 0 Å². The maximum absolute atomic E-state index is 12.0. The Bertz CT molecular complexity index is 960. The first-order chi connectivity index (χ1) is 12.8. The molecule has 2 unspecified atom stereocenters. The maximum Gasteiger partial charge on any atom is 0.481 e. The Morgan fingerprint density at radius 1 is 1.29 bits per heavy atom. The molecule has 0 spiro atoms. The van der Waals surface area contributed by atoms with Crippen LogP contribution in [0.1, 0.15) is 6.23 Å². The number of fused-ring (bicyclic) bond motifs is 1. The maximum atomic E-state index is 12.0. The number of anilines is 1. The fraction of sp³-hybridized carbons (Fsp3) is 0.556. The number of hydrogen-bond acceptors (Lipinski definition) is 11. The first-order valence-corrected chi connectivity index (χ1v) is 11.7. The van der Waals surface area contributed by atoms with Gasteiger partial charge in [-0.1, -0.05) is 0 Å². The second-order valence-corrected chi connectivity index (χ2v) is 9.74. The zero-order valence-corrected chi connectivity index (χ0v) is 16.1. The van der Waals surface area contributed by atoms with Crippen molar-refractivity contribution < 1.29 is 55.9 Å². The molecule has 2 aliphatic rings. The molecule has 0 saturated carbocycles. The van der Waals surface area contributed by atoms with Crippen LogP contribution in [-0.4, -0.2) is 54.0 Å². The summed E-state index contributed by atoms with van der Waals surface area (Å²) in [4.78, 5) is 51.5.